The van der Waals surface area contributed by atoms with Crippen molar-refractivity contribution in [3.05, 3.63) is 35.9 Å². The van der Waals surface area contributed by atoms with E-state index in [4.69, 9.17) is 0 Å². The Hall–Kier alpha value is -1.64. The van der Waals surface area contributed by atoms with Crippen molar-refractivity contribution >= 4 is 11.8 Å². The number of carbonyl (C=O) groups excluding carboxylic acids is 1. The molecule has 0 amide bonds. The van der Waals surface area contributed by atoms with Crippen molar-refractivity contribution in [3.8, 4) is 0 Å². The highest BCUT2D eigenvalue weighted by molar-refractivity contribution is 5.85. The lowest BCUT2D eigenvalue weighted by molar-refractivity contribution is -0.144. The number of carboxylic acids is 1. The van der Waals surface area contributed by atoms with Crippen LogP contribution >= 0.6 is 0 Å². The van der Waals surface area contributed by atoms with Gasteiger partial charge in [0.05, 0.1) is 5.92 Å². The van der Waals surface area contributed by atoms with Crippen LogP contribution in [-0.2, 0) is 16.0 Å². The summed E-state index contributed by atoms with van der Waals surface area (Å²) >= 11 is 0. The van der Waals surface area contributed by atoms with Crippen molar-refractivity contribution < 1.29 is 14.7 Å². The molecule has 0 aliphatic heterocycles. The van der Waals surface area contributed by atoms with E-state index in [1.54, 1.807) is 0 Å². The van der Waals surface area contributed by atoms with Gasteiger partial charge in [0.1, 0.15) is 5.78 Å². The molecule has 1 aromatic carbocycles. The first kappa shape index (κ1) is 16.4. The molecule has 110 valence electrons. The van der Waals surface area contributed by atoms with Gasteiger partial charge in [0.2, 0.25) is 0 Å². The number of carboxylic acid groups (broad SMARTS) is 1. The summed E-state index contributed by atoms with van der Waals surface area (Å²) in [6, 6.07) is 9.47. The molecule has 0 saturated carbocycles. The minimum absolute atomic E-state index is 0.0574. The lowest BCUT2D eigenvalue weighted by Crippen LogP contribution is -2.24. The zero-order chi connectivity index (χ0) is 15.1. The van der Waals surface area contributed by atoms with Gasteiger partial charge < -0.3 is 5.11 Å². The summed E-state index contributed by atoms with van der Waals surface area (Å²) in [4.78, 5) is 23.5. The van der Waals surface area contributed by atoms with E-state index in [0.29, 0.717) is 12.3 Å². The highest BCUT2D eigenvalue weighted by Gasteiger charge is 2.24. The molecule has 0 unspecified atom stereocenters. The van der Waals surface area contributed by atoms with E-state index < -0.39 is 11.9 Å². The molecule has 0 spiro atoms. The molecular weight excluding hydrogens is 252 g/mol. The fourth-order valence-electron chi connectivity index (χ4n) is 2.43. The van der Waals surface area contributed by atoms with Gasteiger partial charge in [-0.25, -0.2) is 0 Å². The minimum Gasteiger partial charge on any atom is -0.481 e. The molecule has 3 nitrogen and oxygen atoms in total. The summed E-state index contributed by atoms with van der Waals surface area (Å²) in [5, 5.41) is 9.29. The van der Waals surface area contributed by atoms with Crippen molar-refractivity contribution in [2.24, 2.45) is 17.8 Å². The fourth-order valence-corrected chi connectivity index (χ4v) is 2.43. The number of hydrogen-bond donors (Lipinski definition) is 1. The third-order valence-electron chi connectivity index (χ3n) is 3.50. The van der Waals surface area contributed by atoms with Gasteiger partial charge in [-0.05, 0) is 24.3 Å². The third-order valence-corrected chi connectivity index (χ3v) is 3.50. The maximum atomic E-state index is 12.1. The minimum atomic E-state index is -0.890. The predicted octanol–water partition coefficient (Wildman–Crippen LogP) is 3.57. The molecule has 0 fully saturated rings. The molecule has 0 bridgehead atoms. The molecule has 2 atom stereocenters. The van der Waals surface area contributed by atoms with E-state index >= 15 is 0 Å². The summed E-state index contributed by atoms with van der Waals surface area (Å²) in [7, 11) is 0. The van der Waals surface area contributed by atoms with Crippen LogP contribution in [0, 0.1) is 17.8 Å². The zero-order valence-electron chi connectivity index (χ0n) is 12.5. The molecule has 0 aliphatic rings. The van der Waals surface area contributed by atoms with Gasteiger partial charge in [-0.2, -0.15) is 0 Å². The standard InChI is InChI=1S/C17H24O3/c1-12(2)9-13(3)16(18)11-15(17(19)20)10-14-7-5-4-6-8-14/h4-8,12-13,15H,9-11H2,1-3H3,(H,19,20)/t13-,15+/m0/s1. The first-order chi connectivity index (χ1) is 9.40. The van der Waals surface area contributed by atoms with E-state index in [1.165, 1.54) is 0 Å². The molecule has 0 aromatic heterocycles. The quantitative estimate of drug-likeness (QED) is 0.789. The first-order valence-electron chi connectivity index (χ1n) is 7.19. The number of aliphatic carboxylic acids is 1. The van der Waals surface area contributed by atoms with Crippen LogP contribution in [-0.4, -0.2) is 16.9 Å². The number of Topliss-reactive ketones (excluding diaryl/α,β-unsaturated/α-hetero) is 1. The number of rotatable bonds is 8. The van der Waals surface area contributed by atoms with Crippen LogP contribution in [0.5, 0.6) is 0 Å². The average molecular weight is 276 g/mol. The van der Waals surface area contributed by atoms with Crippen LogP contribution < -0.4 is 0 Å². The van der Waals surface area contributed by atoms with Crippen molar-refractivity contribution in [1.29, 1.82) is 0 Å². The van der Waals surface area contributed by atoms with Crippen LogP contribution in [0.1, 0.15) is 39.2 Å². The Morgan fingerprint density at radius 3 is 2.20 bits per heavy atom. The van der Waals surface area contributed by atoms with Gasteiger partial charge in [-0.15, -0.1) is 0 Å². The normalized spacial score (nSPS) is 14.0. The van der Waals surface area contributed by atoms with E-state index in [-0.39, 0.29) is 18.1 Å². The second-order valence-electron chi connectivity index (χ2n) is 5.93. The summed E-state index contributed by atoms with van der Waals surface area (Å²) in [5.41, 5.74) is 0.962. The van der Waals surface area contributed by atoms with Gasteiger partial charge in [0.25, 0.3) is 0 Å². The molecule has 0 heterocycles. The maximum Gasteiger partial charge on any atom is 0.307 e. The molecule has 0 aliphatic carbocycles. The second kappa shape index (κ2) is 7.83. The molecule has 1 rings (SSSR count). The Morgan fingerprint density at radius 1 is 1.10 bits per heavy atom. The van der Waals surface area contributed by atoms with Crippen LogP contribution in [0.4, 0.5) is 0 Å². The summed E-state index contributed by atoms with van der Waals surface area (Å²) in [6.07, 6.45) is 1.35. The molecule has 3 heteroatoms. The van der Waals surface area contributed by atoms with Crippen LogP contribution in [0.25, 0.3) is 0 Å². The van der Waals surface area contributed by atoms with Crippen molar-refractivity contribution in [3.63, 3.8) is 0 Å². The Morgan fingerprint density at radius 2 is 1.70 bits per heavy atom. The van der Waals surface area contributed by atoms with Crippen LogP contribution in [0.15, 0.2) is 30.3 Å². The van der Waals surface area contributed by atoms with E-state index in [1.807, 2.05) is 37.3 Å². The smallest absolute Gasteiger partial charge is 0.307 e. The lowest BCUT2D eigenvalue weighted by Gasteiger charge is -2.16. The van der Waals surface area contributed by atoms with Crippen molar-refractivity contribution in [2.45, 2.75) is 40.0 Å². The molecule has 1 N–H and O–H groups in total. The monoisotopic (exact) mass is 276 g/mol. The van der Waals surface area contributed by atoms with Gasteiger partial charge in [-0.1, -0.05) is 51.1 Å². The average Bonchev–Trinajstić information content (AvgIpc) is 2.38. The topological polar surface area (TPSA) is 54.4 Å². The highest BCUT2D eigenvalue weighted by atomic mass is 16.4. The second-order valence-corrected chi connectivity index (χ2v) is 5.93. The Bertz CT molecular complexity index is 437. The lowest BCUT2D eigenvalue weighted by atomic mass is 9.87. The predicted molar refractivity (Wildman–Crippen MR) is 79.5 cm³/mol. The Balaban J connectivity index is 2.64. The largest absolute Gasteiger partial charge is 0.481 e. The van der Waals surface area contributed by atoms with Crippen LogP contribution in [0.3, 0.4) is 0 Å². The number of carbonyl (C=O) groups is 2. The Labute approximate surface area is 121 Å². The molecular formula is C17H24O3. The van der Waals surface area contributed by atoms with Gasteiger partial charge in [0, 0.05) is 12.3 Å². The number of benzene rings is 1. The summed E-state index contributed by atoms with van der Waals surface area (Å²) in [5.74, 6) is -1.07. The molecule has 0 radical (unpaired) electrons. The van der Waals surface area contributed by atoms with Crippen molar-refractivity contribution in [1.82, 2.24) is 0 Å². The van der Waals surface area contributed by atoms with E-state index in [9.17, 15) is 14.7 Å². The number of ketones is 1. The fraction of sp³-hybridized carbons (Fsp3) is 0.529. The molecule has 1 aromatic rings. The third kappa shape index (κ3) is 5.55. The van der Waals surface area contributed by atoms with E-state index in [0.717, 1.165) is 12.0 Å². The van der Waals surface area contributed by atoms with Crippen LogP contribution in [0.2, 0.25) is 0 Å². The maximum absolute atomic E-state index is 12.1. The Kier molecular flexibility index (Phi) is 6.43. The summed E-state index contributed by atoms with van der Waals surface area (Å²) < 4.78 is 0. The number of hydrogen-bond acceptors (Lipinski definition) is 2. The highest BCUT2D eigenvalue weighted by Crippen LogP contribution is 2.19. The SMILES string of the molecule is CC(C)C[C@H](C)C(=O)C[C@@H](Cc1ccccc1)C(=O)O. The first-order valence-corrected chi connectivity index (χ1v) is 7.19. The summed E-state index contributed by atoms with van der Waals surface area (Å²) in [6.45, 7) is 6.04. The van der Waals surface area contributed by atoms with Gasteiger partial charge in [-0.3, -0.25) is 9.59 Å². The molecule has 20 heavy (non-hydrogen) atoms. The zero-order valence-corrected chi connectivity index (χ0v) is 12.5. The van der Waals surface area contributed by atoms with Gasteiger partial charge >= 0.3 is 5.97 Å². The van der Waals surface area contributed by atoms with Crippen molar-refractivity contribution in [2.75, 3.05) is 0 Å². The van der Waals surface area contributed by atoms with E-state index in [2.05, 4.69) is 13.8 Å². The molecule has 0 saturated heterocycles. The van der Waals surface area contributed by atoms with Gasteiger partial charge in [0.15, 0.2) is 0 Å².